The van der Waals surface area contributed by atoms with E-state index >= 15 is 0 Å². The van der Waals surface area contributed by atoms with Crippen LogP contribution in [-0.4, -0.2) is 43.9 Å². The van der Waals surface area contributed by atoms with Crippen molar-refractivity contribution in [2.45, 2.75) is 19.4 Å². The lowest BCUT2D eigenvalue weighted by atomic mass is 9.96. The maximum Gasteiger partial charge on any atom is 0.253 e. The number of carbonyl (C=O) groups is 1. The minimum atomic E-state index is 0.00636. The number of rotatable bonds is 4. The van der Waals surface area contributed by atoms with Crippen LogP contribution in [0.2, 0.25) is 0 Å². The molecule has 4 aromatic rings. The summed E-state index contributed by atoms with van der Waals surface area (Å²) in [5.74, 6) is 0.484. The molecule has 0 unspecified atom stereocenters. The molecule has 7 nitrogen and oxygen atoms in total. The van der Waals surface area contributed by atoms with Gasteiger partial charge in [0, 0.05) is 42.3 Å². The van der Waals surface area contributed by atoms with Crippen molar-refractivity contribution in [3.63, 3.8) is 0 Å². The van der Waals surface area contributed by atoms with E-state index in [0.717, 1.165) is 54.5 Å². The fourth-order valence-corrected chi connectivity index (χ4v) is 4.29. The van der Waals surface area contributed by atoms with Crippen LogP contribution in [0.4, 0.5) is 0 Å². The summed E-state index contributed by atoms with van der Waals surface area (Å²) in [4.78, 5) is 14.7. The van der Waals surface area contributed by atoms with Crippen molar-refractivity contribution in [3.8, 4) is 17.2 Å². The molecule has 2 aromatic heterocycles. The SMILES string of the molecule is N#Cc1cccc(C(=O)N2CCC(Cn3ncc4cc(-c5cn[nH]c5)ccc43)CC2)c1. The van der Waals surface area contributed by atoms with E-state index in [0.29, 0.717) is 17.0 Å². The first-order chi connectivity index (χ1) is 15.2. The predicted molar refractivity (Wildman–Crippen MR) is 117 cm³/mol. The smallest absolute Gasteiger partial charge is 0.253 e. The number of hydrogen-bond donors (Lipinski definition) is 1. The maximum atomic E-state index is 12.8. The maximum absolute atomic E-state index is 12.8. The molecule has 31 heavy (non-hydrogen) atoms. The third kappa shape index (κ3) is 3.80. The lowest BCUT2D eigenvalue weighted by molar-refractivity contribution is 0.0682. The van der Waals surface area contributed by atoms with E-state index in [4.69, 9.17) is 5.26 Å². The third-order valence-corrected chi connectivity index (χ3v) is 6.04. The summed E-state index contributed by atoms with van der Waals surface area (Å²) >= 11 is 0. The highest BCUT2D eigenvalue weighted by molar-refractivity contribution is 5.94. The number of carbonyl (C=O) groups excluding carboxylic acids is 1. The minimum Gasteiger partial charge on any atom is -0.339 e. The van der Waals surface area contributed by atoms with Crippen LogP contribution >= 0.6 is 0 Å². The Bertz CT molecular complexity index is 1260. The van der Waals surface area contributed by atoms with E-state index in [1.807, 2.05) is 23.5 Å². The van der Waals surface area contributed by atoms with Gasteiger partial charge in [0.25, 0.3) is 5.91 Å². The van der Waals surface area contributed by atoms with E-state index in [1.54, 1.807) is 24.3 Å². The number of nitrogens with zero attached hydrogens (tertiary/aromatic N) is 5. The fraction of sp³-hybridized carbons (Fsp3) is 0.250. The van der Waals surface area contributed by atoms with Crippen LogP contribution in [0.3, 0.4) is 0 Å². The van der Waals surface area contributed by atoms with Crippen molar-refractivity contribution in [1.29, 1.82) is 5.26 Å². The zero-order valence-electron chi connectivity index (χ0n) is 17.0. The summed E-state index contributed by atoms with van der Waals surface area (Å²) in [6.45, 7) is 2.30. The first kappa shape index (κ1) is 19.1. The predicted octanol–water partition coefficient (Wildman–Crippen LogP) is 3.85. The summed E-state index contributed by atoms with van der Waals surface area (Å²) < 4.78 is 2.08. The summed E-state index contributed by atoms with van der Waals surface area (Å²) in [5.41, 5.74) is 4.41. The van der Waals surface area contributed by atoms with Gasteiger partial charge in [-0.2, -0.15) is 15.5 Å². The van der Waals surface area contributed by atoms with Crippen LogP contribution in [0.15, 0.2) is 61.1 Å². The molecule has 1 aliphatic heterocycles. The van der Waals surface area contributed by atoms with Crippen LogP contribution in [-0.2, 0) is 6.54 Å². The first-order valence-corrected chi connectivity index (χ1v) is 10.5. The number of piperidine rings is 1. The molecule has 0 spiro atoms. The van der Waals surface area contributed by atoms with E-state index in [9.17, 15) is 4.79 Å². The van der Waals surface area contributed by atoms with E-state index < -0.39 is 0 Å². The van der Waals surface area contributed by atoms with Crippen molar-refractivity contribution >= 4 is 16.8 Å². The molecule has 1 saturated heterocycles. The molecule has 0 radical (unpaired) electrons. The number of H-pyrrole nitrogens is 1. The normalized spacial score (nSPS) is 14.6. The highest BCUT2D eigenvalue weighted by Crippen LogP contribution is 2.26. The average molecular weight is 410 g/mol. The van der Waals surface area contributed by atoms with Gasteiger partial charge in [-0.15, -0.1) is 0 Å². The number of amides is 1. The molecule has 1 N–H and O–H groups in total. The van der Waals surface area contributed by atoms with Gasteiger partial charge in [0.15, 0.2) is 0 Å². The number of nitriles is 1. The zero-order chi connectivity index (χ0) is 21.2. The molecule has 7 heteroatoms. The van der Waals surface area contributed by atoms with Gasteiger partial charge < -0.3 is 4.90 Å². The lowest BCUT2D eigenvalue weighted by Crippen LogP contribution is -2.39. The number of likely N-dealkylation sites (tertiary alicyclic amines) is 1. The molecule has 1 fully saturated rings. The van der Waals surface area contributed by atoms with Gasteiger partial charge in [-0.3, -0.25) is 14.6 Å². The molecule has 0 aliphatic carbocycles. The highest BCUT2D eigenvalue weighted by Gasteiger charge is 2.24. The van der Waals surface area contributed by atoms with Crippen LogP contribution in [0, 0.1) is 17.2 Å². The molecule has 3 heterocycles. The molecule has 1 aliphatic rings. The third-order valence-electron chi connectivity index (χ3n) is 6.04. The van der Waals surface area contributed by atoms with Crippen molar-refractivity contribution < 1.29 is 4.79 Å². The monoisotopic (exact) mass is 410 g/mol. The van der Waals surface area contributed by atoms with E-state index in [1.165, 1.54) is 0 Å². The number of fused-ring (bicyclic) bond motifs is 1. The van der Waals surface area contributed by atoms with Gasteiger partial charge in [0.2, 0.25) is 0 Å². The van der Waals surface area contributed by atoms with Gasteiger partial charge in [-0.05, 0) is 54.7 Å². The van der Waals surface area contributed by atoms with Crippen LogP contribution in [0.25, 0.3) is 22.0 Å². The van der Waals surface area contributed by atoms with Crippen molar-refractivity contribution in [2.24, 2.45) is 5.92 Å². The average Bonchev–Trinajstić information content (AvgIpc) is 3.49. The van der Waals surface area contributed by atoms with Gasteiger partial charge in [0.05, 0.1) is 29.5 Å². The molecular formula is C24H22N6O. The summed E-state index contributed by atoms with van der Waals surface area (Å²) in [7, 11) is 0. The Kier molecular flexibility index (Phi) is 4.97. The molecule has 5 rings (SSSR count). The van der Waals surface area contributed by atoms with E-state index in [-0.39, 0.29) is 5.91 Å². The van der Waals surface area contributed by atoms with Gasteiger partial charge >= 0.3 is 0 Å². The standard InChI is InChI=1S/C24H22N6O/c25-12-18-2-1-3-20(10-18)24(31)29-8-6-17(7-9-29)16-30-23-5-4-19(11-21(23)15-28-30)22-13-26-27-14-22/h1-5,10-11,13-15,17H,6-9,16H2,(H,26,27). The Balaban J connectivity index is 1.24. The van der Waals surface area contributed by atoms with Gasteiger partial charge in [0.1, 0.15) is 0 Å². The summed E-state index contributed by atoms with van der Waals surface area (Å²) in [5, 5.41) is 21.7. The Hall–Kier alpha value is -3.92. The van der Waals surface area contributed by atoms with Crippen LogP contribution in [0.1, 0.15) is 28.8 Å². The Morgan fingerprint density at radius 1 is 1.13 bits per heavy atom. The van der Waals surface area contributed by atoms with Crippen molar-refractivity contribution in [2.75, 3.05) is 13.1 Å². The molecule has 0 saturated carbocycles. The quantitative estimate of drug-likeness (QED) is 0.553. The van der Waals surface area contributed by atoms with Crippen molar-refractivity contribution in [3.05, 3.63) is 72.2 Å². The Morgan fingerprint density at radius 3 is 2.77 bits per heavy atom. The number of aromatic nitrogens is 4. The zero-order valence-corrected chi connectivity index (χ0v) is 17.0. The Morgan fingerprint density at radius 2 is 2.00 bits per heavy atom. The second kappa shape index (κ2) is 8.07. The summed E-state index contributed by atoms with van der Waals surface area (Å²) in [6.07, 6.45) is 7.50. The number of hydrogen-bond acceptors (Lipinski definition) is 4. The fourth-order valence-electron chi connectivity index (χ4n) is 4.29. The molecular weight excluding hydrogens is 388 g/mol. The lowest BCUT2D eigenvalue weighted by Gasteiger charge is -2.32. The molecule has 0 bridgehead atoms. The van der Waals surface area contributed by atoms with Crippen molar-refractivity contribution in [1.82, 2.24) is 24.9 Å². The highest BCUT2D eigenvalue weighted by atomic mass is 16.2. The number of benzene rings is 2. The molecule has 0 atom stereocenters. The second-order valence-electron chi connectivity index (χ2n) is 8.02. The number of nitrogens with one attached hydrogen (secondary N) is 1. The molecule has 1 amide bonds. The summed E-state index contributed by atoms with van der Waals surface area (Å²) in [6, 6.07) is 15.4. The minimum absolute atomic E-state index is 0.00636. The molecule has 154 valence electrons. The van der Waals surface area contributed by atoms with E-state index in [2.05, 4.69) is 44.2 Å². The number of aromatic amines is 1. The first-order valence-electron chi connectivity index (χ1n) is 10.5. The largest absolute Gasteiger partial charge is 0.339 e. The van der Waals surface area contributed by atoms with Gasteiger partial charge in [-0.25, -0.2) is 0 Å². The Labute approximate surface area is 179 Å². The van der Waals surface area contributed by atoms with Gasteiger partial charge in [-0.1, -0.05) is 12.1 Å². The van der Waals surface area contributed by atoms with Crippen LogP contribution in [0.5, 0.6) is 0 Å². The second-order valence-corrected chi connectivity index (χ2v) is 8.02. The molecule has 2 aromatic carbocycles. The van der Waals surface area contributed by atoms with Crippen LogP contribution < -0.4 is 0 Å². The topological polar surface area (TPSA) is 90.6 Å².